The quantitative estimate of drug-likeness (QED) is 0.653. The average molecular weight is 411 g/mol. The molecule has 0 aliphatic carbocycles. The third-order valence-electron chi connectivity index (χ3n) is 4.11. The number of hydrogen-bond acceptors (Lipinski definition) is 4. The van der Waals surface area contributed by atoms with Gasteiger partial charge in [0.2, 0.25) is 5.91 Å². The summed E-state index contributed by atoms with van der Waals surface area (Å²) in [6.07, 6.45) is 1.23. The first kappa shape index (κ1) is 20.3. The van der Waals surface area contributed by atoms with E-state index in [-0.39, 0.29) is 17.9 Å². The van der Waals surface area contributed by atoms with Gasteiger partial charge in [0.15, 0.2) is 0 Å². The first-order valence-electron chi connectivity index (χ1n) is 8.99. The van der Waals surface area contributed by atoms with Gasteiger partial charge in [-0.25, -0.2) is 4.98 Å². The summed E-state index contributed by atoms with van der Waals surface area (Å²) in [5, 5.41) is 5.64. The van der Waals surface area contributed by atoms with Crippen molar-refractivity contribution >= 4 is 29.1 Å². The normalized spacial score (nSPS) is 10.4. The van der Waals surface area contributed by atoms with Crippen LogP contribution in [-0.2, 0) is 11.3 Å². The minimum atomic E-state index is -0.598. The number of nitrogens with zero attached hydrogens (tertiary/aromatic N) is 2. The number of anilines is 1. The molecule has 29 heavy (non-hydrogen) atoms. The summed E-state index contributed by atoms with van der Waals surface area (Å²) in [6.45, 7) is 1.79. The third-order valence-corrected chi connectivity index (χ3v) is 4.44. The van der Waals surface area contributed by atoms with Crippen LogP contribution in [0, 0.1) is 0 Å². The maximum absolute atomic E-state index is 13.0. The van der Waals surface area contributed by atoms with Crippen LogP contribution in [0.4, 0.5) is 5.69 Å². The zero-order chi connectivity index (χ0) is 20.8. The molecule has 2 aromatic carbocycles. The van der Waals surface area contributed by atoms with Crippen LogP contribution in [0.5, 0.6) is 0 Å². The zero-order valence-electron chi connectivity index (χ0n) is 15.7. The zero-order valence-corrected chi connectivity index (χ0v) is 16.4. The van der Waals surface area contributed by atoms with E-state index in [2.05, 4.69) is 15.6 Å². The van der Waals surface area contributed by atoms with Crippen LogP contribution in [0.1, 0.15) is 17.3 Å². The molecule has 0 aliphatic rings. The minimum absolute atomic E-state index is 0.128. The first-order valence-corrected chi connectivity index (χ1v) is 9.37. The van der Waals surface area contributed by atoms with Gasteiger partial charge in [-0.1, -0.05) is 54.1 Å². The summed E-state index contributed by atoms with van der Waals surface area (Å²) in [6, 6.07) is 15.8. The van der Waals surface area contributed by atoms with Crippen molar-refractivity contribution in [1.82, 2.24) is 14.9 Å². The van der Waals surface area contributed by atoms with E-state index in [1.807, 2.05) is 6.07 Å². The molecule has 3 rings (SSSR count). The first-order chi connectivity index (χ1) is 14.0. The Kier molecular flexibility index (Phi) is 6.41. The van der Waals surface area contributed by atoms with Gasteiger partial charge in [-0.15, -0.1) is 0 Å². The fraction of sp³-hybridized carbons (Fsp3) is 0.143. The Labute approximate surface area is 172 Å². The Morgan fingerprint density at radius 2 is 1.76 bits per heavy atom. The highest BCUT2D eigenvalue weighted by Gasteiger charge is 2.19. The summed E-state index contributed by atoms with van der Waals surface area (Å²) < 4.78 is 1.19. The average Bonchev–Trinajstić information content (AvgIpc) is 2.72. The Balaban J connectivity index is 2.00. The lowest BCUT2D eigenvalue weighted by atomic mass is 10.2. The number of benzene rings is 2. The molecule has 2 amide bonds. The number of carbonyl (C=O) groups is 2. The molecule has 1 heterocycles. The van der Waals surface area contributed by atoms with E-state index in [0.717, 1.165) is 0 Å². The predicted molar refractivity (Wildman–Crippen MR) is 112 cm³/mol. The Morgan fingerprint density at radius 3 is 2.45 bits per heavy atom. The molecular formula is C21H19ClN4O3. The van der Waals surface area contributed by atoms with E-state index in [1.165, 1.54) is 10.8 Å². The number of amides is 2. The SMILES string of the molecule is CCNC(=O)c1cnc(-c2ccccc2)n(CC(=O)Nc2ccccc2Cl)c1=O. The second-order valence-electron chi connectivity index (χ2n) is 6.14. The topological polar surface area (TPSA) is 93.1 Å². The van der Waals surface area contributed by atoms with Gasteiger partial charge < -0.3 is 10.6 Å². The van der Waals surface area contributed by atoms with Gasteiger partial charge in [-0.2, -0.15) is 0 Å². The lowest BCUT2D eigenvalue weighted by Crippen LogP contribution is -2.36. The van der Waals surface area contributed by atoms with E-state index in [9.17, 15) is 14.4 Å². The molecule has 0 atom stereocenters. The summed E-state index contributed by atoms with van der Waals surface area (Å²) in [5.74, 6) is -0.713. The predicted octanol–water partition coefficient (Wildman–Crippen LogP) is 2.95. The lowest BCUT2D eigenvalue weighted by molar-refractivity contribution is -0.116. The fourth-order valence-electron chi connectivity index (χ4n) is 2.76. The number of rotatable bonds is 6. The van der Waals surface area contributed by atoms with E-state index < -0.39 is 17.4 Å². The molecule has 148 valence electrons. The molecular weight excluding hydrogens is 392 g/mol. The van der Waals surface area contributed by atoms with Gasteiger partial charge >= 0.3 is 0 Å². The van der Waals surface area contributed by atoms with Crippen LogP contribution in [0.25, 0.3) is 11.4 Å². The maximum atomic E-state index is 13.0. The van der Waals surface area contributed by atoms with E-state index in [4.69, 9.17) is 11.6 Å². The van der Waals surface area contributed by atoms with Crippen LogP contribution in [0.15, 0.2) is 65.6 Å². The minimum Gasteiger partial charge on any atom is -0.352 e. The van der Waals surface area contributed by atoms with Gasteiger partial charge in [0.1, 0.15) is 17.9 Å². The second-order valence-corrected chi connectivity index (χ2v) is 6.55. The van der Waals surface area contributed by atoms with Crippen molar-refractivity contribution in [1.29, 1.82) is 0 Å². The largest absolute Gasteiger partial charge is 0.352 e. The third kappa shape index (κ3) is 4.70. The summed E-state index contributed by atoms with van der Waals surface area (Å²) in [5.41, 5.74) is 0.357. The van der Waals surface area contributed by atoms with E-state index in [0.29, 0.717) is 22.8 Å². The number of aromatic nitrogens is 2. The van der Waals surface area contributed by atoms with Crippen LogP contribution < -0.4 is 16.2 Å². The van der Waals surface area contributed by atoms with Crippen molar-refractivity contribution in [2.75, 3.05) is 11.9 Å². The van der Waals surface area contributed by atoms with Crippen molar-refractivity contribution in [3.8, 4) is 11.4 Å². The Hall–Kier alpha value is -3.45. The van der Waals surface area contributed by atoms with Crippen LogP contribution in [-0.4, -0.2) is 27.9 Å². The monoisotopic (exact) mass is 410 g/mol. The molecule has 0 saturated heterocycles. The highest BCUT2D eigenvalue weighted by atomic mass is 35.5. The standard InChI is InChI=1S/C21H19ClN4O3/c1-2-23-20(28)15-12-24-19(14-8-4-3-5-9-14)26(21(15)29)13-18(27)25-17-11-7-6-10-16(17)22/h3-12H,2,13H2,1H3,(H,23,28)(H,25,27). The molecule has 0 radical (unpaired) electrons. The molecule has 0 bridgehead atoms. The highest BCUT2D eigenvalue weighted by molar-refractivity contribution is 6.33. The number of nitrogens with one attached hydrogen (secondary N) is 2. The summed E-state index contributed by atoms with van der Waals surface area (Å²) in [4.78, 5) is 42.1. The van der Waals surface area contributed by atoms with Crippen molar-refractivity contribution in [2.45, 2.75) is 13.5 Å². The summed E-state index contributed by atoms with van der Waals surface area (Å²) in [7, 11) is 0. The van der Waals surface area contributed by atoms with Crippen molar-refractivity contribution in [3.63, 3.8) is 0 Å². The molecule has 0 saturated carbocycles. The fourth-order valence-corrected chi connectivity index (χ4v) is 2.95. The van der Waals surface area contributed by atoms with E-state index >= 15 is 0 Å². The van der Waals surface area contributed by atoms with Crippen molar-refractivity contribution in [2.24, 2.45) is 0 Å². The van der Waals surface area contributed by atoms with Crippen molar-refractivity contribution in [3.05, 3.63) is 81.7 Å². The van der Waals surface area contributed by atoms with Gasteiger partial charge in [0, 0.05) is 18.3 Å². The van der Waals surface area contributed by atoms with Gasteiger partial charge in [-0.05, 0) is 19.1 Å². The number of para-hydroxylation sites is 1. The van der Waals surface area contributed by atoms with E-state index in [1.54, 1.807) is 55.5 Å². The molecule has 7 nitrogen and oxygen atoms in total. The lowest BCUT2D eigenvalue weighted by Gasteiger charge is -2.14. The molecule has 0 aliphatic heterocycles. The molecule has 3 aromatic rings. The van der Waals surface area contributed by atoms with Crippen LogP contribution in [0.3, 0.4) is 0 Å². The Bertz CT molecular complexity index is 1100. The molecule has 0 fully saturated rings. The molecule has 2 N–H and O–H groups in total. The van der Waals surface area contributed by atoms with Crippen molar-refractivity contribution < 1.29 is 9.59 Å². The maximum Gasteiger partial charge on any atom is 0.267 e. The smallest absolute Gasteiger partial charge is 0.267 e. The molecule has 0 spiro atoms. The number of carbonyl (C=O) groups excluding carboxylic acids is 2. The molecule has 0 unspecified atom stereocenters. The van der Waals surface area contributed by atoms with Crippen LogP contribution >= 0.6 is 11.6 Å². The number of halogens is 1. The Morgan fingerprint density at radius 1 is 1.07 bits per heavy atom. The molecule has 1 aromatic heterocycles. The highest BCUT2D eigenvalue weighted by Crippen LogP contribution is 2.21. The molecule has 8 heteroatoms. The van der Waals surface area contributed by atoms with Gasteiger partial charge in [0.05, 0.1) is 10.7 Å². The number of hydrogen-bond donors (Lipinski definition) is 2. The van der Waals surface area contributed by atoms with Crippen LogP contribution in [0.2, 0.25) is 5.02 Å². The summed E-state index contributed by atoms with van der Waals surface area (Å²) >= 11 is 6.08. The van der Waals surface area contributed by atoms with Gasteiger partial charge in [-0.3, -0.25) is 19.0 Å². The van der Waals surface area contributed by atoms with Gasteiger partial charge in [0.25, 0.3) is 11.5 Å². The second kappa shape index (κ2) is 9.16.